The van der Waals surface area contributed by atoms with E-state index in [2.05, 4.69) is 5.32 Å². The second-order valence-electron chi connectivity index (χ2n) is 5.92. The Morgan fingerprint density at radius 2 is 2.05 bits per heavy atom. The van der Waals surface area contributed by atoms with Crippen LogP contribution >= 0.6 is 0 Å². The first-order valence-corrected chi connectivity index (χ1v) is 7.58. The third kappa shape index (κ3) is 3.57. The lowest BCUT2D eigenvalue weighted by Crippen LogP contribution is -2.49. The molecule has 2 atom stereocenters. The fourth-order valence-electron chi connectivity index (χ4n) is 2.75. The van der Waals surface area contributed by atoms with Gasteiger partial charge in [0.05, 0.1) is 13.2 Å². The molecule has 1 heterocycles. The van der Waals surface area contributed by atoms with Gasteiger partial charge in [-0.15, -0.1) is 0 Å². The van der Waals surface area contributed by atoms with Crippen molar-refractivity contribution in [3.63, 3.8) is 0 Å². The Hall–Kier alpha value is -2.08. The van der Waals surface area contributed by atoms with Gasteiger partial charge in [0, 0.05) is 6.54 Å². The summed E-state index contributed by atoms with van der Waals surface area (Å²) < 4.78 is 5.82. The van der Waals surface area contributed by atoms with Gasteiger partial charge in [0.1, 0.15) is 12.1 Å². The quantitative estimate of drug-likeness (QED) is 0.886. The maximum absolute atomic E-state index is 12.5. The van der Waals surface area contributed by atoms with Crippen molar-refractivity contribution < 1.29 is 19.4 Å². The summed E-state index contributed by atoms with van der Waals surface area (Å²) in [5.74, 6) is 0.358. The second-order valence-corrected chi connectivity index (χ2v) is 5.92. The Kier molecular flexibility index (Phi) is 4.29. The second kappa shape index (κ2) is 6.36. The van der Waals surface area contributed by atoms with Crippen LogP contribution in [0.3, 0.4) is 0 Å². The molecule has 2 fully saturated rings. The van der Waals surface area contributed by atoms with Gasteiger partial charge in [-0.05, 0) is 24.3 Å². The molecule has 6 heteroatoms. The van der Waals surface area contributed by atoms with Gasteiger partial charge in [-0.2, -0.15) is 0 Å². The minimum atomic E-state index is -1.20. The van der Waals surface area contributed by atoms with Crippen LogP contribution in [0.5, 0.6) is 0 Å². The third-order valence-corrected chi connectivity index (χ3v) is 4.10. The zero-order valence-corrected chi connectivity index (χ0v) is 12.3. The van der Waals surface area contributed by atoms with Crippen molar-refractivity contribution in [2.24, 2.45) is 5.92 Å². The van der Waals surface area contributed by atoms with Crippen molar-refractivity contribution in [2.75, 3.05) is 19.7 Å². The zero-order valence-electron chi connectivity index (χ0n) is 12.3. The van der Waals surface area contributed by atoms with Crippen LogP contribution in [0.15, 0.2) is 30.3 Å². The molecule has 1 aliphatic carbocycles. The SMILES string of the molecule is O=C(O)N[C@@H]1CO[C@@H](c2ccccc2)CN(CC2CC2)C1=O. The fourth-order valence-corrected chi connectivity index (χ4v) is 2.75. The first kappa shape index (κ1) is 14.8. The molecule has 1 saturated heterocycles. The van der Waals surface area contributed by atoms with Crippen molar-refractivity contribution >= 4 is 12.0 Å². The summed E-state index contributed by atoms with van der Waals surface area (Å²) in [5.41, 5.74) is 1.01. The Balaban J connectivity index is 1.78. The molecule has 6 nitrogen and oxygen atoms in total. The van der Waals surface area contributed by atoms with E-state index in [-0.39, 0.29) is 18.6 Å². The van der Waals surface area contributed by atoms with Crippen LogP contribution in [-0.4, -0.2) is 47.7 Å². The summed E-state index contributed by atoms with van der Waals surface area (Å²) in [5, 5.41) is 11.2. The molecule has 0 radical (unpaired) electrons. The number of benzene rings is 1. The van der Waals surface area contributed by atoms with E-state index in [1.165, 1.54) is 0 Å². The summed E-state index contributed by atoms with van der Waals surface area (Å²) in [6, 6.07) is 8.91. The minimum absolute atomic E-state index is 0.0614. The first-order chi connectivity index (χ1) is 10.6. The predicted molar refractivity (Wildman–Crippen MR) is 79.4 cm³/mol. The highest BCUT2D eigenvalue weighted by Crippen LogP contribution is 2.31. The molecule has 0 bridgehead atoms. The molecule has 22 heavy (non-hydrogen) atoms. The Morgan fingerprint density at radius 1 is 1.32 bits per heavy atom. The number of carboxylic acid groups (broad SMARTS) is 1. The van der Waals surface area contributed by atoms with Crippen LogP contribution in [0.2, 0.25) is 0 Å². The largest absolute Gasteiger partial charge is 0.465 e. The number of nitrogens with one attached hydrogen (secondary N) is 1. The van der Waals surface area contributed by atoms with Crippen LogP contribution < -0.4 is 5.32 Å². The molecule has 3 rings (SSSR count). The molecule has 1 aromatic carbocycles. The van der Waals surface area contributed by atoms with E-state index in [1.54, 1.807) is 4.90 Å². The Morgan fingerprint density at radius 3 is 2.68 bits per heavy atom. The number of hydrogen-bond donors (Lipinski definition) is 2. The highest BCUT2D eigenvalue weighted by molar-refractivity contribution is 5.85. The fraction of sp³-hybridized carbons (Fsp3) is 0.500. The number of ether oxygens (including phenoxy) is 1. The lowest BCUT2D eigenvalue weighted by atomic mass is 10.1. The van der Waals surface area contributed by atoms with Crippen LogP contribution in [-0.2, 0) is 9.53 Å². The summed E-state index contributed by atoms with van der Waals surface area (Å²) in [6.07, 6.45) is 0.853. The number of hydrogen-bond acceptors (Lipinski definition) is 3. The van der Waals surface area contributed by atoms with Crippen molar-refractivity contribution in [2.45, 2.75) is 25.0 Å². The number of nitrogens with zero attached hydrogens (tertiary/aromatic N) is 1. The highest BCUT2D eigenvalue weighted by atomic mass is 16.5. The molecule has 0 aromatic heterocycles. The van der Waals surface area contributed by atoms with Crippen molar-refractivity contribution in [1.82, 2.24) is 10.2 Å². The van der Waals surface area contributed by atoms with Crippen LogP contribution in [0.4, 0.5) is 4.79 Å². The average molecular weight is 304 g/mol. The molecule has 2 amide bonds. The molecule has 1 saturated carbocycles. The maximum Gasteiger partial charge on any atom is 0.405 e. The molecule has 0 spiro atoms. The molecule has 1 aliphatic heterocycles. The van der Waals surface area contributed by atoms with E-state index < -0.39 is 12.1 Å². The highest BCUT2D eigenvalue weighted by Gasteiger charge is 2.36. The monoisotopic (exact) mass is 304 g/mol. The zero-order chi connectivity index (χ0) is 15.5. The molecule has 1 aromatic rings. The normalized spacial score (nSPS) is 25.6. The molecule has 2 N–H and O–H groups in total. The van der Waals surface area contributed by atoms with E-state index in [4.69, 9.17) is 9.84 Å². The first-order valence-electron chi connectivity index (χ1n) is 7.58. The lowest BCUT2D eigenvalue weighted by Gasteiger charge is -2.25. The van der Waals surface area contributed by atoms with E-state index >= 15 is 0 Å². The van der Waals surface area contributed by atoms with Crippen molar-refractivity contribution in [1.29, 1.82) is 0 Å². The molecular weight excluding hydrogens is 284 g/mol. The number of carbonyl (C=O) groups excluding carboxylic acids is 1. The van der Waals surface area contributed by atoms with E-state index in [1.807, 2.05) is 30.3 Å². The van der Waals surface area contributed by atoms with Crippen LogP contribution in [0.25, 0.3) is 0 Å². The number of rotatable bonds is 4. The minimum Gasteiger partial charge on any atom is -0.465 e. The van der Waals surface area contributed by atoms with Gasteiger partial charge in [-0.3, -0.25) is 4.79 Å². The van der Waals surface area contributed by atoms with Gasteiger partial charge < -0.3 is 20.1 Å². The summed E-state index contributed by atoms with van der Waals surface area (Å²) in [6.45, 7) is 1.21. The average Bonchev–Trinajstić information content (AvgIpc) is 3.33. The smallest absolute Gasteiger partial charge is 0.405 e. The van der Waals surface area contributed by atoms with Gasteiger partial charge in [-0.1, -0.05) is 30.3 Å². The third-order valence-electron chi connectivity index (χ3n) is 4.10. The van der Waals surface area contributed by atoms with Gasteiger partial charge in [0.15, 0.2) is 0 Å². The Labute approximate surface area is 129 Å². The van der Waals surface area contributed by atoms with Gasteiger partial charge in [0.2, 0.25) is 5.91 Å². The predicted octanol–water partition coefficient (Wildman–Crippen LogP) is 1.63. The molecular formula is C16H20N2O4. The molecule has 118 valence electrons. The van der Waals surface area contributed by atoms with Crippen LogP contribution in [0.1, 0.15) is 24.5 Å². The van der Waals surface area contributed by atoms with Gasteiger partial charge >= 0.3 is 6.09 Å². The summed E-state index contributed by atoms with van der Waals surface area (Å²) in [4.78, 5) is 25.2. The molecule has 0 unspecified atom stereocenters. The van der Waals surface area contributed by atoms with E-state index in [0.717, 1.165) is 18.4 Å². The topological polar surface area (TPSA) is 78.9 Å². The van der Waals surface area contributed by atoms with Crippen molar-refractivity contribution in [3.8, 4) is 0 Å². The lowest BCUT2D eigenvalue weighted by molar-refractivity contribution is -0.132. The summed E-state index contributed by atoms with van der Waals surface area (Å²) >= 11 is 0. The number of amides is 2. The van der Waals surface area contributed by atoms with E-state index in [0.29, 0.717) is 19.0 Å². The van der Waals surface area contributed by atoms with Crippen molar-refractivity contribution in [3.05, 3.63) is 35.9 Å². The van der Waals surface area contributed by atoms with Gasteiger partial charge in [-0.25, -0.2) is 4.79 Å². The number of carbonyl (C=O) groups is 2. The maximum atomic E-state index is 12.5. The van der Waals surface area contributed by atoms with E-state index in [9.17, 15) is 9.59 Å². The van der Waals surface area contributed by atoms with Crippen LogP contribution in [0, 0.1) is 5.92 Å². The molecule has 2 aliphatic rings. The van der Waals surface area contributed by atoms with Gasteiger partial charge in [0.25, 0.3) is 0 Å². The standard InChI is InChI=1S/C16H20N2O4/c19-15-13(17-16(20)21)10-22-14(12-4-2-1-3-5-12)9-18(15)8-11-6-7-11/h1-5,11,13-14,17H,6-10H2,(H,20,21)/t13-,14-/m1/s1. The summed E-state index contributed by atoms with van der Waals surface area (Å²) in [7, 11) is 0. The Bertz CT molecular complexity index is 544.